The van der Waals surface area contributed by atoms with Gasteiger partial charge >= 0.3 is 12.0 Å². The Balaban J connectivity index is 2.95. The number of urea groups is 1. The van der Waals surface area contributed by atoms with Crippen molar-refractivity contribution in [3.63, 3.8) is 0 Å². The number of amides is 2. The smallest absolute Gasteiger partial charge is 0.327 e. The van der Waals surface area contributed by atoms with Gasteiger partial charge in [0.25, 0.3) is 0 Å². The number of piperidine rings is 1. The van der Waals surface area contributed by atoms with Crippen LogP contribution in [0.2, 0.25) is 0 Å². The molecule has 110 valence electrons. The summed E-state index contributed by atoms with van der Waals surface area (Å²) >= 11 is 0. The van der Waals surface area contributed by atoms with Gasteiger partial charge in [0.05, 0.1) is 0 Å². The van der Waals surface area contributed by atoms with Crippen molar-refractivity contribution in [2.75, 3.05) is 19.6 Å². The zero-order valence-electron chi connectivity index (χ0n) is 12.5. The van der Waals surface area contributed by atoms with Crippen molar-refractivity contribution < 1.29 is 14.7 Å². The second-order valence-corrected chi connectivity index (χ2v) is 5.89. The minimum atomic E-state index is -0.898. The standard InChI is InChI=1S/C14H26N2O3/c1-5-9-15(6-2)13(19)16-10-7-8-14(3,4)11(16)12(17)18/h11H,5-10H2,1-4H3,(H,17,18). The summed E-state index contributed by atoms with van der Waals surface area (Å²) in [6.07, 6.45) is 2.59. The second kappa shape index (κ2) is 6.26. The molecule has 1 saturated heterocycles. The fraction of sp³-hybridized carbons (Fsp3) is 0.857. The highest BCUT2D eigenvalue weighted by Gasteiger charge is 2.45. The molecule has 0 radical (unpaired) electrons. The van der Waals surface area contributed by atoms with Crippen LogP contribution in [0.15, 0.2) is 0 Å². The van der Waals surface area contributed by atoms with Crippen molar-refractivity contribution in [3.8, 4) is 0 Å². The molecule has 1 N–H and O–H groups in total. The van der Waals surface area contributed by atoms with Crippen LogP contribution in [-0.4, -0.2) is 52.6 Å². The molecule has 1 rings (SSSR count). The van der Waals surface area contributed by atoms with Crippen LogP contribution in [0.3, 0.4) is 0 Å². The number of carboxylic acids is 1. The lowest BCUT2D eigenvalue weighted by Crippen LogP contribution is -2.59. The molecule has 0 bridgehead atoms. The average Bonchev–Trinajstić information content (AvgIpc) is 2.33. The van der Waals surface area contributed by atoms with E-state index in [1.54, 1.807) is 9.80 Å². The summed E-state index contributed by atoms with van der Waals surface area (Å²) in [5, 5.41) is 9.47. The van der Waals surface area contributed by atoms with E-state index in [2.05, 4.69) is 0 Å². The highest BCUT2D eigenvalue weighted by molar-refractivity contribution is 5.83. The second-order valence-electron chi connectivity index (χ2n) is 5.89. The maximum absolute atomic E-state index is 12.5. The Labute approximate surface area is 115 Å². The zero-order valence-corrected chi connectivity index (χ0v) is 12.5. The number of carboxylic acid groups (broad SMARTS) is 1. The molecule has 1 fully saturated rings. The Kier molecular flexibility index (Phi) is 5.20. The van der Waals surface area contributed by atoms with Crippen molar-refractivity contribution in [3.05, 3.63) is 0 Å². The zero-order chi connectivity index (χ0) is 14.6. The molecule has 0 spiro atoms. The predicted molar refractivity (Wildman–Crippen MR) is 74.1 cm³/mol. The van der Waals surface area contributed by atoms with E-state index in [0.717, 1.165) is 19.3 Å². The van der Waals surface area contributed by atoms with Crippen LogP contribution < -0.4 is 0 Å². The van der Waals surface area contributed by atoms with Crippen molar-refractivity contribution in [2.45, 2.75) is 53.0 Å². The Bertz CT molecular complexity index is 342. The van der Waals surface area contributed by atoms with Gasteiger partial charge in [0.2, 0.25) is 0 Å². The maximum Gasteiger partial charge on any atom is 0.327 e. The monoisotopic (exact) mass is 270 g/mol. The SMILES string of the molecule is CCCN(CC)C(=O)N1CCCC(C)(C)C1C(=O)O. The van der Waals surface area contributed by atoms with Gasteiger partial charge in [-0.3, -0.25) is 0 Å². The lowest BCUT2D eigenvalue weighted by atomic mass is 9.76. The Morgan fingerprint density at radius 2 is 2.00 bits per heavy atom. The molecular weight excluding hydrogens is 244 g/mol. The van der Waals surface area contributed by atoms with Gasteiger partial charge < -0.3 is 14.9 Å². The van der Waals surface area contributed by atoms with E-state index in [1.165, 1.54) is 0 Å². The molecule has 0 aromatic heterocycles. The highest BCUT2D eigenvalue weighted by atomic mass is 16.4. The molecule has 1 aliphatic rings. The summed E-state index contributed by atoms with van der Waals surface area (Å²) in [5.74, 6) is -0.898. The molecule has 0 saturated carbocycles. The number of carbonyl (C=O) groups excluding carboxylic acids is 1. The van der Waals surface area contributed by atoms with Crippen molar-refractivity contribution in [2.24, 2.45) is 5.41 Å². The summed E-state index contributed by atoms with van der Waals surface area (Å²) in [7, 11) is 0. The number of rotatable bonds is 4. The van der Waals surface area contributed by atoms with E-state index in [-0.39, 0.29) is 11.4 Å². The molecule has 1 atom stereocenters. The molecule has 0 aliphatic carbocycles. The molecule has 5 nitrogen and oxygen atoms in total. The molecular formula is C14H26N2O3. The molecule has 0 aromatic carbocycles. The van der Waals surface area contributed by atoms with E-state index >= 15 is 0 Å². The normalized spacial score (nSPS) is 22.1. The highest BCUT2D eigenvalue weighted by Crippen LogP contribution is 2.35. The summed E-state index contributed by atoms with van der Waals surface area (Å²) in [5.41, 5.74) is -0.370. The summed E-state index contributed by atoms with van der Waals surface area (Å²) in [4.78, 5) is 27.3. The Hall–Kier alpha value is -1.26. The average molecular weight is 270 g/mol. The number of aliphatic carboxylic acids is 1. The van der Waals surface area contributed by atoms with Crippen LogP contribution in [0.1, 0.15) is 47.0 Å². The number of likely N-dealkylation sites (tertiary alicyclic amines) is 1. The molecule has 1 heterocycles. The molecule has 19 heavy (non-hydrogen) atoms. The minimum Gasteiger partial charge on any atom is -0.480 e. The van der Waals surface area contributed by atoms with E-state index in [9.17, 15) is 14.7 Å². The summed E-state index contributed by atoms with van der Waals surface area (Å²) < 4.78 is 0. The lowest BCUT2D eigenvalue weighted by molar-refractivity contribution is -0.148. The van der Waals surface area contributed by atoms with Gasteiger partial charge in [-0.15, -0.1) is 0 Å². The molecule has 1 unspecified atom stereocenters. The van der Waals surface area contributed by atoms with E-state index in [1.807, 2.05) is 27.7 Å². The molecule has 5 heteroatoms. The van der Waals surface area contributed by atoms with Gasteiger partial charge in [-0.05, 0) is 31.6 Å². The lowest BCUT2D eigenvalue weighted by Gasteiger charge is -2.45. The van der Waals surface area contributed by atoms with Gasteiger partial charge in [0, 0.05) is 19.6 Å². The fourth-order valence-corrected chi connectivity index (χ4v) is 2.91. The van der Waals surface area contributed by atoms with Crippen LogP contribution in [0, 0.1) is 5.41 Å². The van der Waals surface area contributed by atoms with Crippen molar-refractivity contribution in [1.29, 1.82) is 0 Å². The topological polar surface area (TPSA) is 60.9 Å². The number of carbonyl (C=O) groups is 2. The first-order valence-electron chi connectivity index (χ1n) is 7.13. The molecule has 0 aromatic rings. The van der Waals surface area contributed by atoms with E-state index < -0.39 is 12.0 Å². The Morgan fingerprint density at radius 3 is 2.47 bits per heavy atom. The van der Waals surface area contributed by atoms with Crippen LogP contribution in [0.25, 0.3) is 0 Å². The first kappa shape index (κ1) is 15.8. The van der Waals surface area contributed by atoms with Gasteiger partial charge in [-0.25, -0.2) is 9.59 Å². The van der Waals surface area contributed by atoms with E-state index in [4.69, 9.17) is 0 Å². The molecule has 1 aliphatic heterocycles. The van der Waals surface area contributed by atoms with Gasteiger partial charge in [-0.1, -0.05) is 20.8 Å². The number of hydrogen-bond donors (Lipinski definition) is 1. The third kappa shape index (κ3) is 3.39. The first-order valence-corrected chi connectivity index (χ1v) is 7.13. The first-order chi connectivity index (χ1) is 8.85. The quantitative estimate of drug-likeness (QED) is 0.853. The van der Waals surface area contributed by atoms with Crippen molar-refractivity contribution in [1.82, 2.24) is 9.80 Å². The van der Waals surface area contributed by atoms with Gasteiger partial charge in [0.15, 0.2) is 0 Å². The third-order valence-corrected chi connectivity index (χ3v) is 3.90. The van der Waals surface area contributed by atoms with Crippen molar-refractivity contribution >= 4 is 12.0 Å². The minimum absolute atomic E-state index is 0.135. The number of nitrogens with zero attached hydrogens (tertiary/aromatic N) is 2. The largest absolute Gasteiger partial charge is 0.480 e. The van der Waals surface area contributed by atoms with Gasteiger partial charge in [0.1, 0.15) is 6.04 Å². The van der Waals surface area contributed by atoms with Crippen LogP contribution in [-0.2, 0) is 4.79 Å². The maximum atomic E-state index is 12.5. The molecule has 2 amide bonds. The van der Waals surface area contributed by atoms with Gasteiger partial charge in [-0.2, -0.15) is 0 Å². The summed E-state index contributed by atoms with van der Waals surface area (Å²) in [6.45, 7) is 9.65. The van der Waals surface area contributed by atoms with Crippen LogP contribution >= 0.6 is 0 Å². The van der Waals surface area contributed by atoms with E-state index in [0.29, 0.717) is 19.6 Å². The Morgan fingerprint density at radius 1 is 1.37 bits per heavy atom. The fourth-order valence-electron chi connectivity index (χ4n) is 2.91. The number of hydrogen-bond acceptors (Lipinski definition) is 2. The van der Waals surface area contributed by atoms with Crippen LogP contribution in [0.5, 0.6) is 0 Å². The third-order valence-electron chi connectivity index (χ3n) is 3.90. The predicted octanol–water partition coefficient (Wildman–Crippen LogP) is 2.41. The summed E-state index contributed by atoms with van der Waals surface area (Å²) in [6, 6.07) is -0.857. The van der Waals surface area contributed by atoms with Crippen LogP contribution in [0.4, 0.5) is 4.79 Å².